The molecular weight excluding hydrogens is 332 g/mol. The molecule has 2 aromatic rings. The zero-order chi connectivity index (χ0) is 19.2. The molecule has 138 valence electrons. The zero-order valence-electron chi connectivity index (χ0n) is 15.5. The summed E-state index contributed by atoms with van der Waals surface area (Å²) < 4.78 is 11.0. The second-order valence-corrected chi connectivity index (χ2v) is 6.76. The van der Waals surface area contributed by atoms with Gasteiger partial charge in [-0.15, -0.1) is 0 Å². The lowest BCUT2D eigenvalue weighted by molar-refractivity contribution is -0.130. The number of carbonyl (C=O) groups is 2. The van der Waals surface area contributed by atoms with E-state index >= 15 is 0 Å². The Hall–Kier alpha value is -3.02. The monoisotopic (exact) mass is 356 g/mol. The summed E-state index contributed by atoms with van der Waals surface area (Å²) in [6.45, 7) is 5.30. The van der Waals surface area contributed by atoms with Crippen LogP contribution in [0, 0.1) is 5.41 Å². The van der Waals surface area contributed by atoms with Crippen molar-refractivity contribution in [2.75, 3.05) is 19.0 Å². The van der Waals surface area contributed by atoms with Crippen molar-refractivity contribution in [3.05, 3.63) is 48.5 Å². The van der Waals surface area contributed by atoms with Crippen LogP contribution in [-0.4, -0.2) is 25.5 Å². The standard InChI is InChI=1S/C20H24N2O4/c1-20(2,3)19(24)21-13-18(23)22-14-9-11-15(12-10-14)26-17-8-6-5-7-16(17)25-4/h5-12H,13H2,1-4H3,(H,21,24)(H,22,23). The quantitative estimate of drug-likeness (QED) is 0.829. The van der Waals surface area contributed by atoms with E-state index in [1.165, 1.54) is 0 Å². The molecule has 2 amide bonds. The van der Waals surface area contributed by atoms with Gasteiger partial charge in [-0.1, -0.05) is 32.9 Å². The van der Waals surface area contributed by atoms with E-state index in [0.717, 1.165) is 0 Å². The molecule has 26 heavy (non-hydrogen) atoms. The van der Waals surface area contributed by atoms with Gasteiger partial charge in [0.05, 0.1) is 13.7 Å². The number of ether oxygens (including phenoxy) is 2. The van der Waals surface area contributed by atoms with Crippen LogP contribution in [0.4, 0.5) is 5.69 Å². The van der Waals surface area contributed by atoms with Crippen LogP contribution in [0.2, 0.25) is 0 Å². The molecule has 0 atom stereocenters. The Balaban J connectivity index is 1.91. The zero-order valence-corrected chi connectivity index (χ0v) is 15.5. The minimum Gasteiger partial charge on any atom is -0.493 e. The molecule has 0 aliphatic carbocycles. The maximum atomic E-state index is 11.9. The highest BCUT2D eigenvalue weighted by Crippen LogP contribution is 2.31. The van der Waals surface area contributed by atoms with Crippen molar-refractivity contribution < 1.29 is 19.1 Å². The Bertz CT molecular complexity index is 764. The number of hydrogen-bond acceptors (Lipinski definition) is 4. The van der Waals surface area contributed by atoms with Gasteiger partial charge in [-0.25, -0.2) is 0 Å². The number of hydrogen-bond donors (Lipinski definition) is 2. The van der Waals surface area contributed by atoms with Crippen molar-refractivity contribution >= 4 is 17.5 Å². The second kappa shape index (κ2) is 8.38. The molecule has 0 aliphatic rings. The number of para-hydroxylation sites is 2. The summed E-state index contributed by atoms with van der Waals surface area (Å²) in [7, 11) is 1.58. The van der Waals surface area contributed by atoms with Crippen molar-refractivity contribution in [1.29, 1.82) is 0 Å². The van der Waals surface area contributed by atoms with E-state index in [1.54, 1.807) is 52.1 Å². The van der Waals surface area contributed by atoms with Crippen molar-refractivity contribution in [3.63, 3.8) is 0 Å². The molecule has 0 unspecified atom stereocenters. The average molecular weight is 356 g/mol. The Morgan fingerprint density at radius 3 is 2.15 bits per heavy atom. The summed E-state index contributed by atoms with van der Waals surface area (Å²) in [5.74, 6) is 1.40. The smallest absolute Gasteiger partial charge is 0.243 e. The van der Waals surface area contributed by atoms with Crippen molar-refractivity contribution in [1.82, 2.24) is 5.32 Å². The van der Waals surface area contributed by atoms with Gasteiger partial charge in [0, 0.05) is 11.1 Å². The molecule has 0 fully saturated rings. The number of rotatable bonds is 6. The van der Waals surface area contributed by atoms with Gasteiger partial charge in [-0.3, -0.25) is 9.59 Å². The van der Waals surface area contributed by atoms with Gasteiger partial charge in [0.15, 0.2) is 11.5 Å². The number of nitrogens with one attached hydrogen (secondary N) is 2. The summed E-state index contributed by atoms with van der Waals surface area (Å²) >= 11 is 0. The molecule has 0 aromatic heterocycles. The van der Waals surface area contributed by atoms with Crippen LogP contribution in [0.15, 0.2) is 48.5 Å². The van der Waals surface area contributed by atoms with Crippen LogP contribution in [0.1, 0.15) is 20.8 Å². The SMILES string of the molecule is COc1ccccc1Oc1ccc(NC(=O)CNC(=O)C(C)(C)C)cc1. The van der Waals surface area contributed by atoms with Gasteiger partial charge >= 0.3 is 0 Å². The molecule has 2 aromatic carbocycles. The normalized spacial score (nSPS) is 10.8. The Morgan fingerprint density at radius 2 is 1.58 bits per heavy atom. The summed E-state index contributed by atoms with van der Waals surface area (Å²) in [5, 5.41) is 5.34. The lowest BCUT2D eigenvalue weighted by Crippen LogP contribution is -2.39. The van der Waals surface area contributed by atoms with Crippen LogP contribution >= 0.6 is 0 Å². The highest BCUT2D eigenvalue weighted by molar-refractivity contribution is 5.95. The molecule has 0 heterocycles. The van der Waals surface area contributed by atoms with Crippen LogP contribution in [0.3, 0.4) is 0 Å². The summed E-state index contributed by atoms with van der Waals surface area (Å²) in [6, 6.07) is 14.3. The molecular formula is C20H24N2O4. The van der Waals surface area contributed by atoms with Crippen LogP contribution in [0.25, 0.3) is 0 Å². The third-order valence-electron chi connectivity index (χ3n) is 3.53. The predicted molar refractivity (Wildman–Crippen MR) is 101 cm³/mol. The van der Waals surface area contributed by atoms with Gasteiger partial charge < -0.3 is 20.1 Å². The molecule has 0 saturated carbocycles. The molecule has 6 nitrogen and oxygen atoms in total. The number of amides is 2. The minimum absolute atomic E-state index is 0.0738. The Labute approximate surface area is 153 Å². The predicted octanol–water partition coefficient (Wildman–Crippen LogP) is 3.59. The van der Waals surface area contributed by atoms with Crippen molar-refractivity contribution in [3.8, 4) is 17.2 Å². The van der Waals surface area contributed by atoms with Crippen LogP contribution in [-0.2, 0) is 9.59 Å². The highest BCUT2D eigenvalue weighted by Gasteiger charge is 2.21. The summed E-state index contributed by atoms with van der Waals surface area (Å²) in [6.07, 6.45) is 0. The van der Waals surface area contributed by atoms with Gasteiger partial charge in [0.1, 0.15) is 5.75 Å². The molecule has 0 bridgehead atoms. The van der Waals surface area contributed by atoms with E-state index in [0.29, 0.717) is 22.9 Å². The molecule has 2 rings (SSSR count). The molecule has 2 N–H and O–H groups in total. The molecule has 0 aliphatic heterocycles. The lowest BCUT2D eigenvalue weighted by atomic mass is 9.96. The number of anilines is 1. The Morgan fingerprint density at radius 1 is 0.962 bits per heavy atom. The van der Waals surface area contributed by atoms with Crippen LogP contribution < -0.4 is 20.1 Å². The van der Waals surface area contributed by atoms with E-state index in [9.17, 15) is 9.59 Å². The fourth-order valence-corrected chi connectivity index (χ4v) is 2.07. The lowest BCUT2D eigenvalue weighted by Gasteiger charge is -2.17. The molecule has 0 radical (unpaired) electrons. The maximum Gasteiger partial charge on any atom is 0.243 e. The van der Waals surface area contributed by atoms with Gasteiger partial charge in [-0.05, 0) is 36.4 Å². The van der Waals surface area contributed by atoms with Gasteiger partial charge in [0.2, 0.25) is 11.8 Å². The summed E-state index contributed by atoms with van der Waals surface area (Å²) in [5.41, 5.74) is 0.0880. The van der Waals surface area contributed by atoms with Gasteiger partial charge in [0.25, 0.3) is 0 Å². The first-order valence-corrected chi connectivity index (χ1v) is 8.28. The molecule has 0 saturated heterocycles. The first kappa shape index (κ1) is 19.3. The molecule has 0 spiro atoms. The Kier molecular flexibility index (Phi) is 6.22. The summed E-state index contributed by atoms with van der Waals surface area (Å²) in [4.78, 5) is 23.7. The van der Waals surface area contributed by atoms with Crippen LogP contribution in [0.5, 0.6) is 17.2 Å². The topological polar surface area (TPSA) is 76.7 Å². The number of carbonyl (C=O) groups excluding carboxylic acids is 2. The first-order valence-electron chi connectivity index (χ1n) is 8.28. The highest BCUT2D eigenvalue weighted by atomic mass is 16.5. The van der Waals surface area contributed by atoms with Crippen molar-refractivity contribution in [2.45, 2.75) is 20.8 Å². The van der Waals surface area contributed by atoms with E-state index in [1.807, 2.05) is 24.3 Å². The maximum absolute atomic E-state index is 11.9. The fourth-order valence-electron chi connectivity index (χ4n) is 2.07. The largest absolute Gasteiger partial charge is 0.493 e. The van der Waals surface area contributed by atoms with Gasteiger partial charge in [-0.2, -0.15) is 0 Å². The third-order valence-corrected chi connectivity index (χ3v) is 3.53. The third kappa shape index (κ3) is 5.51. The van der Waals surface area contributed by atoms with E-state index in [4.69, 9.17) is 9.47 Å². The number of benzene rings is 2. The number of methoxy groups -OCH3 is 1. The van der Waals surface area contributed by atoms with E-state index in [-0.39, 0.29) is 18.4 Å². The van der Waals surface area contributed by atoms with E-state index < -0.39 is 5.41 Å². The second-order valence-electron chi connectivity index (χ2n) is 6.76. The average Bonchev–Trinajstić information content (AvgIpc) is 2.61. The molecule has 6 heteroatoms. The van der Waals surface area contributed by atoms with E-state index in [2.05, 4.69) is 10.6 Å². The minimum atomic E-state index is -0.530. The van der Waals surface area contributed by atoms with Crippen molar-refractivity contribution in [2.24, 2.45) is 5.41 Å². The first-order chi connectivity index (χ1) is 12.3. The fraction of sp³-hybridized carbons (Fsp3) is 0.300.